The Bertz CT molecular complexity index is 859. The zero-order valence-electron chi connectivity index (χ0n) is 19.8. The predicted octanol–water partition coefficient (Wildman–Crippen LogP) is 8.04. The molecule has 178 valence electrons. The molecule has 32 heavy (non-hydrogen) atoms. The van der Waals surface area contributed by atoms with Crippen LogP contribution in [0.25, 0.3) is 0 Å². The summed E-state index contributed by atoms with van der Waals surface area (Å²) in [6, 6.07) is 5.64. The fourth-order valence-electron chi connectivity index (χ4n) is 4.12. The van der Waals surface area contributed by atoms with Crippen LogP contribution in [0.2, 0.25) is 10.0 Å². The van der Waals surface area contributed by atoms with Crippen molar-refractivity contribution >= 4 is 35.0 Å². The Balaban J connectivity index is 1.71. The summed E-state index contributed by atoms with van der Waals surface area (Å²) in [6.07, 6.45) is 8.58. The molecule has 4 nitrogen and oxygen atoms in total. The van der Waals surface area contributed by atoms with E-state index in [1.54, 1.807) is 17.8 Å². The number of rotatable bonds is 11. The zero-order valence-corrected chi connectivity index (χ0v) is 22.1. The third-order valence-corrected chi connectivity index (χ3v) is 7.51. The molecule has 1 aromatic carbocycles. The van der Waals surface area contributed by atoms with Gasteiger partial charge in [-0.15, -0.1) is 0 Å². The smallest absolute Gasteiger partial charge is 0.168 e. The number of imidazole rings is 1. The Hall–Kier alpha value is -0.720. The molecule has 7 heteroatoms. The van der Waals surface area contributed by atoms with E-state index < -0.39 is 5.79 Å². The minimum atomic E-state index is -0.408. The second-order valence-electron chi connectivity index (χ2n) is 8.91. The monoisotopic (exact) mass is 498 g/mol. The number of hydrogen-bond donors (Lipinski definition) is 0. The summed E-state index contributed by atoms with van der Waals surface area (Å²) in [5, 5.41) is 2.41. The highest BCUT2D eigenvalue weighted by Crippen LogP contribution is 2.37. The van der Waals surface area contributed by atoms with Crippen molar-refractivity contribution in [2.24, 2.45) is 7.05 Å². The molecule has 0 N–H and O–H groups in total. The molecular formula is C25H36Cl2N2O2S. The van der Waals surface area contributed by atoms with Crippen LogP contribution in [0.5, 0.6) is 0 Å². The van der Waals surface area contributed by atoms with Crippen LogP contribution in [0.15, 0.2) is 28.1 Å². The highest BCUT2D eigenvalue weighted by Gasteiger charge is 2.34. The van der Waals surface area contributed by atoms with Gasteiger partial charge < -0.3 is 14.0 Å². The lowest BCUT2D eigenvalue weighted by Gasteiger charge is -2.37. The summed E-state index contributed by atoms with van der Waals surface area (Å²) >= 11 is 14.1. The summed E-state index contributed by atoms with van der Waals surface area (Å²) in [7, 11) is 2.08. The Morgan fingerprint density at radius 3 is 2.34 bits per heavy atom. The number of ether oxygens (including phenoxy) is 2. The maximum absolute atomic E-state index is 6.42. The normalized spacial score (nSPS) is 16.1. The minimum absolute atomic E-state index is 0.315. The summed E-state index contributed by atoms with van der Waals surface area (Å²) in [4.78, 5) is 6.00. The van der Waals surface area contributed by atoms with Crippen molar-refractivity contribution in [3.05, 3.63) is 39.8 Å². The molecule has 0 spiro atoms. The van der Waals surface area contributed by atoms with Crippen LogP contribution in [-0.4, -0.2) is 28.6 Å². The second-order valence-corrected chi connectivity index (χ2v) is 10.8. The van der Waals surface area contributed by atoms with Gasteiger partial charge in [0.05, 0.1) is 18.9 Å². The van der Waals surface area contributed by atoms with Crippen molar-refractivity contribution in [1.82, 2.24) is 9.55 Å². The molecule has 0 atom stereocenters. The van der Waals surface area contributed by atoms with Crippen molar-refractivity contribution in [1.29, 1.82) is 0 Å². The minimum Gasteiger partial charge on any atom is -0.350 e. The summed E-state index contributed by atoms with van der Waals surface area (Å²) in [6.45, 7) is 7.94. The van der Waals surface area contributed by atoms with Gasteiger partial charge in [0.25, 0.3) is 0 Å². The van der Waals surface area contributed by atoms with E-state index in [-0.39, 0.29) is 0 Å². The Morgan fingerprint density at radius 2 is 1.72 bits per heavy atom. The molecule has 1 aliphatic carbocycles. The summed E-state index contributed by atoms with van der Waals surface area (Å²) in [5.41, 5.74) is 1.09. The highest BCUT2D eigenvalue weighted by atomic mass is 35.5. The molecule has 0 radical (unpaired) electrons. The highest BCUT2D eigenvalue weighted by molar-refractivity contribution is 7.99. The molecule has 1 fully saturated rings. The number of halogens is 2. The van der Waals surface area contributed by atoms with Gasteiger partial charge in [-0.1, -0.05) is 68.6 Å². The predicted molar refractivity (Wildman–Crippen MR) is 134 cm³/mol. The van der Waals surface area contributed by atoms with Crippen LogP contribution in [0.3, 0.4) is 0 Å². The molecule has 1 heterocycles. The van der Waals surface area contributed by atoms with Crippen LogP contribution in [0.1, 0.15) is 83.2 Å². The van der Waals surface area contributed by atoms with Gasteiger partial charge in [-0.05, 0) is 43.4 Å². The third-order valence-electron chi connectivity index (χ3n) is 5.93. The van der Waals surface area contributed by atoms with E-state index in [4.69, 9.17) is 37.7 Å². The average molecular weight is 500 g/mol. The molecule has 0 unspecified atom stereocenters. The first-order valence-corrected chi connectivity index (χ1v) is 13.4. The molecule has 0 bridgehead atoms. The van der Waals surface area contributed by atoms with E-state index in [0.29, 0.717) is 22.6 Å². The number of benzene rings is 1. The molecule has 0 saturated heterocycles. The largest absolute Gasteiger partial charge is 0.350 e. The van der Waals surface area contributed by atoms with Crippen LogP contribution in [-0.2, 0) is 22.9 Å². The average Bonchev–Trinajstić information content (AvgIpc) is 3.04. The van der Waals surface area contributed by atoms with Crippen LogP contribution in [0, 0.1) is 0 Å². The van der Waals surface area contributed by atoms with Crippen molar-refractivity contribution < 1.29 is 9.47 Å². The molecular weight excluding hydrogens is 463 g/mol. The topological polar surface area (TPSA) is 36.3 Å². The van der Waals surface area contributed by atoms with E-state index in [2.05, 4.69) is 32.4 Å². The van der Waals surface area contributed by atoms with Gasteiger partial charge in [0.1, 0.15) is 10.9 Å². The van der Waals surface area contributed by atoms with E-state index in [1.165, 1.54) is 19.3 Å². The van der Waals surface area contributed by atoms with Gasteiger partial charge in [-0.25, -0.2) is 4.98 Å². The lowest BCUT2D eigenvalue weighted by Crippen LogP contribution is -2.39. The van der Waals surface area contributed by atoms with Crippen molar-refractivity contribution in [3.63, 3.8) is 0 Å². The van der Waals surface area contributed by atoms with E-state index in [1.807, 2.05) is 12.1 Å². The Labute approximate surface area is 207 Å². The van der Waals surface area contributed by atoms with Gasteiger partial charge in [0.2, 0.25) is 0 Å². The van der Waals surface area contributed by atoms with Gasteiger partial charge in [0, 0.05) is 41.3 Å². The summed E-state index contributed by atoms with van der Waals surface area (Å²) < 4.78 is 14.9. The van der Waals surface area contributed by atoms with Crippen molar-refractivity contribution in [2.45, 2.75) is 93.8 Å². The summed E-state index contributed by atoms with van der Waals surface area (Å²) in [5.74, 6) is 0.938. The first-order chi connectivity index (χ1) is 15.3. The lowest BCUT2D eigenvalue weighted by molar-refractivity contribution is -0.252. The molecule has 2 aromatic rings. The molecule has 1 aromatic heterocycles. The fourth-order valence-corrected chi connectivity index (χ4v) is 6.00. The van der Waals surface area contributed by atoms with E-state index >= 15 is 0 Å². The number of unbranched alkanes of at least 4 members (excludes halogenated alkanes) is 1. The van der Waals surface area contributed by atoms with Gasteiger partial charge in [-0.3, -0.25) is 0 Å². The number of nitrogens with zero attached hydrogens (tertiary/aromatic N) is 2. The Morgan fingerprint density at radius 1 is 1.06 bits per heavy atom. The van der Waals surface area contributed by atoms with E-state index in [9.17, 15) is 0 Å². The molecule has 1 aliphatic rings. The quantitative estimate of drug-likeness (QED) is 0.232. The zero-order chi connectivity index (χ0) is 23.1. The number of aromatic nitrogens is 2. The maximum Gasteiger partial charge on any atom is 0.168 e. The van der Waals surface area contributed by atoms with Gasteiger partial charge in [0.15, 0.2) is 5.79 Å². The van der Waals surface area contributed by atoms with Crippen molar-refractivity contribution in [3.8, 4) is 0 Å². The van der Waals surface area contributed by atoms with Crippen molar-refractivity contribution in [2.75, 3.05) is 13.2 Å². The van der Waals surface area contributed by atoms with Crippen LogP contribution >= 0.6 is 35.0 Å². The standard InChI is InChI=1S/C25H36Cl2N2O2S/c1-5-6-13-30-25(11-8-7-9-12-25)31-14-10-22-28-23(18(2)3)24(29(22)4)32-21-16-19(26)15-20(27)17-21/h15-18H,5-14H2,1-4H3. The second kappa shape index (κ2) is 12.1. The first kappa shape index (κ1) is 25.9. The van der Waals surface area contributed by atoms with Crippen LogP contribution in [0.4, 0.5) is 0 Å². The van der Waals surface area contributed by atoms with Gasteiger partial charge >= 0.3 is 0 Å². The van der Waals surface area contributed by atoms with Crippen LogP contribution < -0.4 is 0 Å². The van der Waals surface area contributed by atoms with E-state index in [0.717, 1.165) is 60.2 Å². The third kappa shape index (κ3) is 6.89. The van der Waals surface area contributed by atoms with Gasteiger partial charge in [-0.2, -0.15) is 0 Å². The number of hydrogen-bond acceptors (Lipinski definition) is 4. The fraction of sp³-hybridized carbons (Fsp3) is 0.640. The maximum atomic E-state index is 6.42. The molecule has 0 aliphatic heterocycles. The molecule has 0 amide bonds. The lowest BCUT2D eigenvalue weighted by atomic mass is 9.94. The SMILES string of the molecule is CCCCOC1(OCCc2nc(C(C)C)c(Sc3cc(Cl)cc(Cl)c3)n2C)CCCCC1. The first-order valence-electron chi connectivity index (χ1n) is 11.8. The molecule has 1 saturated carbocycles. The molecule has 3 rings (SSSR count). The Kier molecular flexibility index (Phi) is 9.81.